The Bertz CT molecular complexity index is 763. The molecule has 0 bridgehead atoms. The van der Waals surface area contributed by atoms with Gasteiger partial charge in [0.25, 0.3) is 0 Å². The van der Waals surface area contributed by atoms with Gasteiger partial charge in [-0.15, -0.1) is 5.10 Å². The van der Waals surface area contributed by atoms with E-state index in [0.29, 0.717) is 22.9 Å². The number of nitrogens with zero attached hydrogens (tertiary/aromatic N) is 2. The Morgan fingerprint density at radius 2 is 1.75 bits per heavy atom. The summed E-state index contributed by atoms with van der Waals surface area (Å²) < 4.78 is 5.30. The van der Waals surface area contributed by atoms with E-state index in [0.717, 1.165) is 24.5 Å². The summed E-state index contributed by atoms with van der Waals surface area (Å²) in [6.45, 7) is 2.25. The van der Waals surface area contributed by atoms with E-state index in [9.17, 15) is 4.79 Å². The number of rotatable bonds is 7. The second kappa shape index (κ2) is 9.53. The topological polar surface area (TPSA) is 104 Å². The van der Waals surface area contributed by atoms with Crippen LogP contribution in [0.25, 0.3) is 0 Å². The zero-order valence-corrected chi connectivity index (χ0v) is 16.6. The minimum absolute atomic E-state index is 0.183. The first kappa shape index (κ1) is 20.1. The molecule has 6 nitrogen and oxygen atoms in total. The number of carbonyl (C=O) groups excluding carboxylic acids is 1. The van der Waals surface area contributed by atoms with Crippen molar-refractivity contribution in [3.63, 3.8) is 0 Å². The highest BCUT2D eigenvalue weighted by atomic mass is 16.5. The van der Waals surface area contributed by atoms with Gasteiger partial charge in [0, 0.05) is 23.4 Å². The SMILES string of the molecule is CCCCCC1CCC(c2ccc(OC(=O)c3cc(N)cc(N)c3)nn2)CC1. The van der Waals surface area contributed by atoms with Gasteiger partial charge in [-0.25, -0.2) is 4.79 Å². The van der Waals surface area contributed by atoms with E-state index in [1.165, 1.54) is 50.7 Å². The van der Waals surface area contributed by atoms with Crippen LogP contribution < -0.4 is 16.2 Å². The Morgan fingerprint density at radius 3 is 2.36 bits per heavy atom. The van der Waals surface area contributed by atoms with Crippen LogP contribution in [0.5, 0.6) is 5.88 Å². The molecule has 1 fully saturated rings. The van der Waals surface area contributed by atoms with E-state index in [4.69, 9.17) is 16.2 Å². The molecule has 2 aromatic rings. The maximum Gasteiger partial charge on any atom is 0.345 e. The Morgan fingerprint density at radius 1 is 1.04 bits per heavy atom. The van der Waals surface area contributed by atoms with Crippen LogP contribution in [0.4, 0.5) is 11.4 Å². The number of carbonyl (C=O) groups is 1. The highest BCUT2D eigenvalue weighted by molar-refractivity contribution is 5.93. The Labute approximate surface area is 166 Å². The Balaban J connectivity index is 1.53. The molecular weight excluding hydrogens is 352 g/mol. The molecule has 0 spiro atoms. The van der Waals surface area contributed by atoms with Gasteiger partial charge in [-0.3, -0.25) is 0 Å². The third kappa shape index (κ3) is 5.44. The van der Waals surface area contributed by atoms with Gasteiger partial charge in [0.2, 0.25) is 5.88 Å². The van der Waals surface area contributed by atoms with Crippen LogP contribution in [0.3, 0.4) is 0 Å². The molecule has 3 rings (SSSR count). The molecule has 1 aromatic carbocycles. The Kier molecular flexibility index (Phi) is 6.85. The maximum absolute atomic E-state index is 12.2. The number of nitrogen functional groups attached to an aromatic ring is 2. The van der Waals surface area contributed by atoms with E-state index in [2.05, 4.69) is 17.1 Å². The second-order valence-corrected chi connectivity index (χ2v) is 7.79. The van der Waals surface area contributed by atoms with Crippen molar-refractivity contribution in [2.45, 2.75) is 64.2 Å². The van der Waals surface area contributed by atoms with Crippen molar-refractivity contribution >= 4 is 17.3 Å². The van der Waals surface area contributed by atoms with E-state index in [-0.39, 0.29) is 5.88 Å². The van der Waals surface area contributed by atoms with Crippen LogP contribution in [0.1, 0.15) is 80.3 Å². The quantitative estimate of drug-likeness (QED) is 0.408. The molecule has 28 heavy (non-hydrogen) atoms. The lowest BCUT2D eigenvalue weighted by Gasteiger charge is -2.27. The molecular formula is C22H30N4O2. The van der Waals surface area contributed by atoms with Gasteiger partial charge in [0.1, 0.15) is 0 Å². The molecule has 1 aliphatic carbocycles. The third-order valence-electron chi connectivity index (χ3n) is 5.55. The average Bonchev–Trinajstić information content (AvgIpc) is 2.69. The monoisotopic (exact) mass is 382 g/mol. The number of esters is 1. The van der Waals surface area contributed by atoms with E-state index in [1.807, 2.05) is 6.07 Å². The van der Waals surface area contributed by atoms with Crippen molar-refractivity contribution in [2.75, 3.05) is 11.5 Å². The molecule has 0 saturated heterocycles. The van der Waals surface area contributed by atoms with Crippen molar-refractivity contribution in [1.82, 2.24) is 10.2 Å². The fourth-order valence-electron chi connectivity index (χ4n) is 3.98. The normalized spacial score (nSPS) is 19.3. The van der Waals surface area contributed by atoms with E-state index >= 15 is 0 Å². The minimum atomic E-state index is -0.548. The first-order chi connectivity index (χ1) is 13.5. The molecule has 1 aliphatic rings. The van der Waals surface area contributed by atoms with Crippen molar-refractivity contribution in [1.29, 1.82) is 0 Å². The third-order valence-corrected chi connectivity index (χ3v) is 5.55. The summed E-state index contributed by atoms with van der Waals surface area (Å²) in [6, 6.07) is 8.28. The van der Waals surface area contributed by atoms with Crippen LogP contribution in [-0.2, 0) is 0 Å². The summed E-state index contributed by atoms with van der Waals surface area (Å²) in [7, 11) is 0. The van der Waals surface area contributed by atoms with Crippen LogP contribution >= 0.6 is 0 Å². The van der Waals surface area contributed by atoms with Crippen LogP contribution in [-0.4, -0.2) is 16.2 Å². The first-order valence-electron chi connectivity index (χ1n) is 10.3. The number of nitrogens with two attached hydrogens (primary N) is 2. The summed E-state index contributed by atoms with van der Waals surface area (Å²) >= 11 is 0. The molecule has 6 heteroatoms. The van der Waals surface area contributed by atoms with Crippen molar-refractivity contribution < 1.29 is 9.53 Å². The highest BCUT2D eigenvalue weighted by Crippen LogP contribution is 2.37. The number of aromatic nitrogens is 2. The fraction of sp³-hybridized carbons (Fsp3) is 0.500. The predicted molar refractivity (Wildman–Crippen MR) is 111 cm³/mol. The van der Waals surface area contributed by atoms with Gasteiger partial charge in [0.05, 0.1) is 11.3 Å². The van der Waals surface area contributed by atoms with Crippen molar-refractivity contribution in [2.24, 2.45) is 5.92 Å². The standard InChI is InChI=1S/C22H30N4O2/c1-2-3-4-5-15-6-8-16(9-7-15)20-10-11-21(26-25-20)28-22(27)17-12-18(23)14-19(24)13-17/h10-16H,2-9,23-24H2,1H3. The molecule has 0 atom stereocenters. The van der Waals surface area contributed by atoms with Gasteiger partial charge in [-0.2, -0.15) is 5.10 Å². The smallest absolute Gasteiger partial charge is 0.345 e. The van der Waals surface area contributed by atoms with E-state index < -0.39 is 5.97 Å². The zero-order valence-electron chi connectivity index (χ0n) is 16.6. The van der Waals surface area contributed by atoms with Gasteiger partial charge >= 0.3 is 5.97 Å². The zero-order chi connectivity index (χ0) is 19.9. The summed E-state index contributed by atoms with van der Waals surface area (Å²) in [5.74, 6) is 0.951. The highest BCUT2D eigenvalue weighted by Gasteiger charge is 2.23. The first-order valence-corrected chi connectivity index (χ1v) is 10.3. The molecule has 0 aliphatic heterocycles. The number of anilines is 2. The Hall–Kier alpha value is -2.63. The number of benzene rings is 1. The molecule has 1 heterocycles. The molecule has 150 valence electrons. The van der Waals surface area contributed by atoms with Crippen molar-refractivity contribution in [3.05, 3.63) is 41.6 Å². The molecule has 0 radical (unpaired) electrons. The largest absolute Gasteiger partial charge is 0.402 e. The van der Waals surface area contributed by atoms with Crippen LogP contribution in [0.2, 0.25) is 0 Å². The summed E-state index contributed by atoms with van der Waals surface area (Å²) in [6.07, 6.45) is 10.2. The average molecular weight is 383 g/mol. The van der Waals surface area contributed by atoms with E-state index in [1.54, 1.807) is 12.1 Å². The lowest BCUT2D eigenvalue weighted by molar-refractivity contribution is 0.0725. The maximum atomic E-state index is 12.2. The van der Waals surface area contributed by atoms with Gasteiger partial charge in [-0.1, -0.05) is 32.6 Å². The summed E-state index contributed by atoms with van der Waals surface area (Å²) in [4.78, 5) is 12.2. The molecule has 1 saturated carbocycles. The van der Waals surface area contributed by atoms with Crippen molar-refractivity contribution in [3.8, 4) is 5.88 Å². The van der Waals surface area contributed by atoms with Crippen LogP contribution in [0, 0.1) is 5.92 Å². The number of unbranched alkanes of at least 4 members (excludes halogenated alkanes) is 2. The lowest BCUT2D eigenvalue weighted by atomic mass is 9.78. The summed E-state index contributed by atoms with van der Waals surface area (Å²) in [5, 5.41) is 8.40. The number of hydrogen-bond acceptors (Lipinski definition) is 6. The molecule has 0 unspecified atom stereocenters. The lowest BCUT2D eigenvalue weighted by Crippen LogP contribution is -2.15. The van der Waals surface area contributed by atoms with Gasteiger partial charge in [-0.05, 0) is 55.9 Å². The fourth-order valence-corrected chi connectivity index (χ4v) is 3.98. The van der Waals surface area contributed by atoms with Gasteiger partial charge < -0.3 is 16.2 Å². The molecule has 0 amide bonds. The summed E-state index contributed by atoms with van der Waals surface area (Å²) in [5.41, 5.74) is 13.6. The number of ether oxygens (including phenoxy) is 1. The second-order valence-electron chi connectivity index (χ2n) is 7.79. The minimum Gasteiger partial charge on any atom is -0.402 e. The van der Waals surface area contributed by atoms with Gasteiger partial charge in [0.15, 0.2) is 0 Å². The number of hydrogen-bond donors (Lipinski definition) is 2. The molecule has 4 N–H and O–H groups in total. The molecule has 1 aromatic heterocycles. The van der Waals surface area contributed by atoms with Crippen LogP contribution in [0.15, 0.2) is 30.3 Å². The predicted octanol–water partition coefficient (Wildman–Crippen LogP) is 4.71.